The van der Waals surface area contributed by atoms with E-state index < -0.39 is 5.60 Å². The van der Waals surface area contributed by atoms with Crippen LogP contribution < -0.4 is 10.2 Å². The fourth-order valence-corrected chi connectivity index (χ4v) is 3.18. The van der Waals surface area contributed by atoms with Gasteiger partial charge in [0.1, 0.15) is 5.60 Å². The fraction of sp³-hybridized carbons (Fsp3) is 0.588. The molecule has 1 heterocycles. The number of carbonyl (C=O) groups is 1. The number of ether oxygens (including phenoxy) is 1. The average molecular weight is 304 g/mol. The van der Waals surface area contributed by atoms with Crippen molar-refractivity contribution in [2.45, 2.75) is 37.8 Å². The molecular weight excluding hydrogens is 280 g/mol. The molecule has 1 amide bonds. The minimum Gasteiger partial charge on any atom is -0.380 e. The monoisotopic (exact) mass is 304 g/mol. The second-order valence-electron chi connectivity index (χ2n) is 6.19. The van der Waals surface area contributed by atoms with E-state index in [4.69, 9.17) is 4.74 Å². The Balaban J connectivity index is 1.53. The van der Waals surface area contributed by atoms with Crippen LogP contribution in [0.4, 0.5) is 5.69 Å². The minimum atomic E-state index is -1.15. The quantitative estimate of drug-likeness (QED) is 0.884. The molecule has 0 bridgehead atoms. The van der Waals surface area contributed by atoms with Crippen molar-refractivity contribution in [3.63, 3.8) is 0 Å². The highest BCUT2D eigenvalue weighted by Gasteiger charge is 2.38. The van der Waals surface area contributed by atoms with Gasteiger partial charge in [0.15, 0.2) is 0 Å². The highest BCUT2D eigenvalue weighted by atomic mass is 16.5. The van der Waals surface area contributed by atoms with E-state index in [0.29, 0.717) is 19.4 Å². The molecule has 0 spiro atoms. The topological polar surface area (TPSA) is 61.8 Å². The summed E-state index contributed by atoms with van der Waals surface area (Å²) in [4.78, 5) is 14.4. The average Bonchev–Trinajstić information content (AvgIpc) is 3.02. The number of anilines is 1. The molecule has 0 aromatic heterocycles. The molecule has 2 fully saturated rings. The van der Waals surface area contributed by atoms with Gasteiger partial charge < -0.3 is 20.1 Å². The van der Waals surface area contributed by atoms with Crippen LogP contribution in [0.25, 0.3) is 0 Å². The standard InChI is InChI=1S/C17H24N2O3/c20-16(17(21)7-1-2-8-17)18-13-14-3-5-15(6-4-14)19-9-11-22-12-10-19/h3-6,21H,1-2,7-13H2,(H,18,20). The Hall–Kier alpha value is -1.59. The molecular formula is C17H24N2O3. The van der Waals surface area contributed by atoms with E-state index >= 15 is 0 Å². The second kappa shape index (κ2) is 6.67. The van der Waals surface area contributed by atoms with E-state index in [1.165, 1.54) is 5.69 Å². The first kappa shape index (κ1) is 15.3. The first-order valence-corrected chi connectivity index (χ1v) is 8.10. The maximum Gasteiger partial charge on any atom is 0.252 e. The SMILES string of the molecule is O=C(NCc1ccc(N2CCOCC2)cc1)C1(O)CCCC1. The number of benzene rings is 1. The molecule has 1 saturated heterocycles. The number of nitrogens with one attached hydrogen (secondary N) is 1. The molecule has 1 aliphatic carbocycles. The van der Waals surface area contributed by atoms with Crippen LogP contribution in [0.2, 0.25) is 0 Å². The normalized spacial score (nSPS) is 20.9. The molecule has 0 unspecified atom stereocenters. The summed E-state index contributed by atoms with van der Waals surface area (Å²) in [7, 11) is 0. The highest BCUT2D eigenvalue weighted by Crippen LogP contribution is 2.29. The molecule has 0 atom stereocenters. The summed E-state index contributed by atoms with van der Waals surface area (Å²) < 4.78 is 5.36. The summed E-state index contributed by atoms with van der Waals surface area (Å²) >= 11 is 0. The van der Waals surface area contributed by atoms with Gasteiger partial charge in [-0.1, -0.05) is 12.1 Å². The second-order valence-corrected chi connectivity index (χ2v) is 6.19. The summed E-state index contributed by atoms with van der Waals surface area (Å²) in [6.45, 7) is 3.85. The molecule has 5 heteroatoms. The lowest BCUT2D eigenvalue weighted by Gasteiger charge is -2.29. The van der Waals surface area contributed by atoms with Gasteiger partial charge >= 0.3 is 0 Å². The number of amides is 1. The number of carbonyl (C=O) groups excluding carboxylic acids is 1. The lowest BCUT2D eigenvalue weighted by atomic mass is 10.0. The van der Waals surface area contributed by atoms with Gasteiger partial charge in [-0.05, 0) is 43.4 Å². The summed E-state index contributed by atoms with van der Waals surface area (Å²) in [5.41, 5.74) is 1.09. The lowest BCUT2D eigenvalue weighted by molar-refractivity contribution is -0.139. The predicted molar refractivity (Wildman–Crippen MR) is 84.7 cm³/mol. The maximum atomic E-state index is 12.1. The summed E-state index contributed by atoms with van der Waals surface area (Å²) in [5.74, 6) is -0.234. The Morgan fingerprint density at radius 2 is 1.82 bits per heavy atom. The van der Waals surface area contributed by atoms with Crippen LogP contribution in [0.15, 0.2) is 24.3 Å². The Bertz CT molecular complexity index is 503. The van der Waals surface area contributed by atoms with Crippen LogP contribution in [-0.2, 0) is 16.1 Å². The van der Waals surface area contributed by atoms with Crippen molar-refractivity contribution in [1.82, 2.24) is 5.32 Å². The van der Waals surface area contributed by atoms with Crippen molar-refractivity contribution in [3.05, 3.63) is 29.8 Å². The molecule has 2 aliphatic rings. The van der Waals surface area contributed by atoms with E-state index in [1.807, 2.05) is 12.1 Å². The molecule has 0 radical (unpaired) electrons. The third-order valence-corrected chi connectivity index (χ3v) is 4.62. The minimum absolute atomic E-state index is 0.234. The van der Waals surface area contributed by atoms with Gasteiger partial charge in [-0.2, -0.15) is 0 Å². The van der Waals surface area contributed by atoms with Crippen LogP contribution >= 0.6 is 0 Å². The predicted octanol–water partition coefficient (Wildman–Crippen LogP) is 1.44. The zero-order valence-corrected chi connectivity index (χ0v) is 12.9. The van der Waals surface area contributed by atoms with E-state index in [1.54, 1.807) is 0 Å². The van der Waals surface area contributed by atoms with Crippen molar-refractivity contribution >= 4 is 11.6 Å². The Morgan fingerprint density at radius 1 is 1.18 bits per heavy atom. The third kappa shape index (κ3) is 3.42. The number of hydrogen-bond acceptors (Lipinski definition) is 4. The summed E-state index contributed by atoms with van der Waals surface area (Å²) in [6.07, 6.45) is 3.01. The van der Waals surface area contributed by atoms with Gasteiger partial charge in [-0.25, -0.2) is 0 Å². The van der Waals surface area contributed by atoms with Crippen LogP contribution in [0.5, 0.6) is 0 Å². The lowest BCUT2D eigenvalue weighted by Crippen LogP contribution is -2.44. The van der Waals surface area contributed by atoms with E-state index in [2.05, 4.69) is 22.3 Å². The van der Waals surface area contributed by atoms with E-state index in [-0.39, 0.29) is 5.91 Å². The number of hydrogen-bond donors (Lipinski definition) is 2. The zero-order valence-electron chi connectivity index (χ0n) is 12.9. The maximum absolute atomic E-state index is 12.1. The molecule has 1 aromatic carbocycles. The van der Waals surface area contributed by atoms with Gasteiger partial charge in [0.25, 0.3) is 5.91 Å². The number of morpholine rings is 1. The third-order valence-electron chi connectivity index (χ3n) is 4.62. The first-order valence-electron chi connectivity index (χ1n) is 8.10. The van der Waals surface area contributed by atoms with Crippen LogP contribution in [0.3, 0.4) is 0 Å². The highest BCUT2D eigenvalue weighted by molar-refractivity contribution is 5.85. The van der Waals surface area contributed by atoms with Crippen molar-refractivity contribution in [2.75, 3.05) is 31.2 Å². The van der Waals surface area contributed by atoms with E-state index in [0.717, 1.165) is 44.7 Å². The van der Waals surface area contributed by atoms with Crippen molar-refractivity contribution in [2.24, 2.45) is 0 Å². The molecule has 120 valence electrons. The zero-order chi connectivity index (χ0) is 15.4. The molecule has 5 nitrogen and oxygen atoms in total. The van der Waals surface area contributed by atoms with Crippen molar-refractivity contribution in [3.8, 4) is 0 Å². The summed E-state index contributed by atoms with van der Waals surface area (Å²) in [5, 5.41) is 13.1. The molecule has 3 rings (SSSR count). The fourth-order valence-electron chi connectivity index (χ4n) is 3.18. The van der Waals surface area contributed by atoms with Gasteiger partial charge in [0.2, 0.25) is 0 Å². The van der Waals surface area contributed by atoms with Crippen molar-refractivity contribution < 1.29 is 14.6 Å². The Morgan fingerprint density at radius 3 is 2.45 bits per heavy atom. The van der Waals surface area contributed by atoms with Crippen LogP contribution in [0, 0.1) is 0 Å². The van der Waals surface area contributed by atoms with Crippen molar-refractivity contribution in [1.29, 1.82) is 0 Å². The van der Waals surface area contributed by atoms with E-state index in [9.17, 15) is 9.90 Å². The number of aliphatic hydroxyl groups is 1. The molecule has 1 saturated carbocycles. The number of rotatable bonds is 4. The largest absolute Gasteiger partial charge is 0.380 e. The Labute approximate surface area is 131 Å². The molecule has 1 aromatic rings. The Kier molecular flexibility index (Phi) is 4.64. The molecule has 2 N–H and O–H groups in total. The van der Waals surface area contributed by atoms with Gasteiger partial charge in [0, 0.05) is 25.3 Å². The molecule has 22 heavy (non-hydrogen) atoms. The van der Waals surface area contributed by atoms with Gasteiger partial charge in [0.05, 0.1) is 13.2 Å². The van der Waals surface area contributed by atoms with Gasteiger partial charge in [-0.15, -0.1) is 0 Å². The van der Waals surface area contributed by atoms with Crippen LogP contribution in [-0.4, -0.2) is 42.9 Å². The number of nitrogens with zero attached hydrogens (tertiary/aromatic N) is 1. The summed E-state index contributed by atoms with van der Waals surface area (Å²) in [6, 6.07) is 8.22. The smallest absolute Gasteiger partial charge is 0.252 e. The first-order chi connectivity index (χ1) is 10.7. The van der Waals surface area contributed by atoms with Crippen LogP contribution in [0.1, 0.15) is 31.2 Å². The van der Waals surface area contributed by atoms with Gasteiger partial charge in [-0.3, -0.25) is 4.79 Å². The molecule has 1 aliphatic heterocycles.